The zero-order chi connectivity index (χ0) is 20.1. The second-order valence-corrected chi connectivity index (χ2v) is 12.5. The molecule has 1 heteroatoms. The highest BCUT2D eigenvalue weighted by Crippen LogP contribution is 2.68. The molecule has 1 nitrogen and oxygen atoms in total. The number of aliphatic hydroxyl groups excluding tert-OH is 1. The maximum Gasteiger partial charge on any atom is 0.0568 e. The first-order chi connectivity index (χ1) is 13.3. The Morgan fingerprint density at radius 2 is 1.54 bits per heavy atom. The lowest BCUT2D eigenvalue weighted by Crippen LogP contribution is -2.53. The van der Waals surface area contributed by atoms with Gasteiger partial charge in [0.1, 0.15) is 0 Å². The Balaban J connectivity index is 1.49. The van der Waals surface area contributed by atoms with Crippen LogP contribution in [0.2, 0.25) is 0 Å². The van der Waals surface area contributed by atoms with E-state index in [1.165, 1.54) is 70.6 Å². The van der Waals surface area contributed by atoms with Gasteiger partial charge in [0.15, 0.2) is 0 Å². The molecule has 4 saturated carbocycles. The Morgan fingerprint density at radius 1 is 0.786 bits per heavy atom. The van der Waals surface area contributed by atoms with Gasteiger partial charge >= 0.3 is 0 Å². The maximum atomic E-state index is 11.0. The van der Waals surface area contributed by atoms with Crippen molar-refractivity contribution in [3.8, 4) is 0 Å². The van der Waals surface area contributed by atoms with Crippen molar-refractivity contribution in [3.63, 3.8) is 0 Å². The molecule has 0 aliphatic heterocycles. The SMILES string of the molecule is CC(C)CCC(O)[C@@H](C)[C@H]1CC[C@H]2[C@@H]3CCC4CCCC[C@]4(C)[C@H]3CC[C@]12C. The molecule has 0 spiro atoms. The summed E-state index contributed by atoms with van der Waals surface area (Å²) in [6.07, 6.45) is 16.9. The molecule has 1 N–H and O–H groups in total. The van der Waals surface area contributed by atoms with Gasteiger partial charge in [0, 0.05) is 0 Å². The van der Waals surface area contributed by atoms with Gasteiger partial charge in [-0.2, -0.15) is 0 Å². The van der Waals surface area contributed by atoms with E-state index in [-0.39, 0.29) is 6.10 Å². The van der Waals surface area contributed by atoms with Crippen molar-refractivity contribution in [2.75, 3.05) is 0 Å². The van der Waals surface area contributed by atoms with E-state index in [9.17, 15) is 5.11 Å². The van der Waals surface area contributed by atoms with E-state index in [1.807, 2.05) is 0 Å². The van der Waals surface area contributed by atoms with Crippen molar-refractivity contribution in [1.82, 2.24) is 0 Å². The summed E-state index contributed by atoms with van der Waals surface area (Å²) in [5, 5.41) is 11.0. The lowest BCUT2D eigenvalue weighted by Gasteiger charge is -2.61. The van der Waals surface area contributed by atoms with E-state index in [1.54, 1.807) is 0 Å². The van der Waals surface area contributed by atoms with Crippen molar-refractivity contribution >= 4 is 0 Å². The van der Waals surface area contributed by atoms with E-state index >= 15 is 0 Å². The molecule has 2 unspecified atom stereocenters. The number of rotatable bonds is 5. The smallest absolute Gasteiger partial charge is 0.0568 e. The summed E-state index contributed by atoms with van der Waals surface area (Å²) in [5.74, 6) is 5.89. The zero-order valence-corrected chi connectivity index (χ0v) is 19.6. The van der Waals surface area contributed by atoms with Crippen LogP contribution in [0.15, 0.2) is 0 Å². The Hall–Kier alpha value is -0.0400. The minimum Gasteiger partial charge on any atom is -0.393 e. The average Bonchev–Trinajstić information content (AvgIpc) is 3.02. The Labute approximate surface area is 175 Å². The summed E-state index contributed by atoms with van der Waals surface area (Å²) < 4.78 is 0. The van der Waals surface area contributed by atoms with Crippen molar-refractivity contribution in [3.05, 3.63) is 0 Å². The van der Waals surface area contributed by atoms with Gasteiger partial charge in [-0.05, 0) is 116 Å². The lowest BCUT2D eigenvalue weighted by atomic mass is 9.44. The maximum absolute atomic E-state index is 11.0. The molecule has 4 aliphatic carbocycles. The average molecular weight is 389 g/mol. The van der Waals surface area contributed by atoms with Gasteiger partial charge in [0.2, 0.25) is 0 Å². The van der Waals surface area contributed by atoms with Gasteiger partial charge in [-0.1, -0.05) is 47.5 Å². The van der Waals surface area contributed by atoms with Crippen LogP contribution >= 0.6 is 0 Å². The highest BCUT2D eigenvalue weighted by Gasteiger charge is 2.60. The number of hydrogen-bond acceptors (Lipinski definition) is 1. The fourth-order valence-corrected chi connectivity index (χ4v) is 9.23. The minimum atomic E-state index is -0.0905. The fraction of sp³-hybridized carbons (Fsp3) is 1.00. The molecule has 0 aromatic heterocycles. The predicted molar refractivity (Wildman–Crippen MR) is 119 cm³/mol. The molecule has 0 amide bonds. The molecular formula is C27H48O. The molecule has 162 valence electrons. The third kappa shape index (κ3) is 3.40. The predicted octanol–water partition coefficient (Wildman–Crippen LogP) is 7.47. The van der Waals surface area contributed by atoms with Crippen LogP contribution in [0.1, 0.15) is 112 Å². The quantitative estimate of drug-likeness (QED) is 0.518. The lowest BCUT2D eigenvalue weighted by molar-refractivity contribution is -0.118. The van der Waals surface area contributed by atoms with Crippen molar-refractivity contribution in [1.29, 1.82) is 0 Å². The first-order valence-corrected chi connectivity index (χ1v) is 13.0. The number of fused-ring (bicyclic) bond motifs is 5. The van der Waals surface area contributed by atoms with Crippen LogP contribution in [0.5, 0.6) is 0 Å². The molecular weight excluding hydrogens is 340 g/mol. The highest BCUT2D eigenvalue weighted by molar-refractivity contribution is 5.09. The standard InChI is InChI=1S/C27H48O/c1-18(2)9-14-25(28)19(3)22-12-13-23-21-11-10-20-8-6-7-16-26(20,4)24(21)15-17-27(22,23)5/h18-25,28H,6-17H2,1-5H3/t19-,20?,21-,22+,23-,24-,25?,26-,27+/m0/s1. The number of hydrogen-bond donors (Lipinski definition) is 1. The van der Waals surface area contributed by atoms with Gasteiger partial charge in [-0.15, -0.1) is 0 Å². The van der Waals surface area contributed by atoms with Crippen LogP contribution in [0.3, 0.4) is 0 Å². The van der Waals surface area contributed by atoms with Crippen LogP contribution in [0.25, 0.3) is 0 Å². The first-order valence-electron chi connectivity index (χ1n) is 13.0. The summed E-state index contributed by atoms with van der Waals surface area (Å²) >= 11 is 0. The summed E-state index contributed by atoms with van der Waals surface area (Å²) in [6, 6.07) is 0. The van der Waals surface area contributed by atoms with Crippen LogP contribution < -0.4 is 0 Å². The van der Waals surface area contributed by atoms with E-state index in [2.05, 4.69) is 34.6 Å². The second kappa shape index (κ2) is 7.90. The van der Waals surface area contributed by atoms with Crippen LogP contribution in [-0.2, 0) is 0 Å². The molecule has 28 heavy (non-hydrogen) atoms. The molecule has 0 heterocycles. The largest absolute Gasteiger partial charge is 0.393 e. The molecule has 0 bridgehead atoms. The van der Waals surface area contributed by atoms with E-state index in [0.29, 0.717) is 22.7 Å². The highest BCUT2D eigenvalue weighted by atomic mass is 16.3. The van der Waals surface area contributed by atoms with Crippen LogP contribution in [0, 0.1) is 52.3 Å². The first kappa shape index (κ1) is 21.2. The monoisotopic (exact) mass is 388 g/mol. The molecule has 0 radical (unpaired) electrons. The molecule has 4 aliphatic rings. The second-order valence-electron chi connectivity index (χ2n) is 12.5. The summed E-state index contributed by atoms with van der Waals surface area (Å²) in [5.41, 5.74) is 1.15. The van der Waals surface area contributed by atoms with Gasteiger partial charge in [0.25, 0.3) is 0 Å². The Bertz CT molecular complexity index is 540. The van der Waals surface area contributed by atoms with Crippen molar-refractivity contribution in [2.24, 2.45) is 52.3 Å². The normalized spacial score (nSPS) is 47.9. The Kier molecular flexibility index (Phi) is 5.98. The molecule has 0 aromatic carbocycles. The van der Waals surface area contributed by atoms with Crippen molar-refractivity contribution in [2.45, 2.75) is 118 Å². The van der Waals surface area contributed by atoms with Gasteiger partial charge in [-0.25, -0.2) is 0 Å². The van der Waals surface area contributed by atoms with E-state index in [4.69, 9.17) is 0 Å². The van der Waals surface area contributed by atoms with Gasteiger partial charge in [-0.3, -0.25) is 0 Å². The third-order valence-corrected chi connectivity index (χ3v) is 10.9. The van der Waals surface area contributed by atoms with Crippen LogP contribution in [0.4, 0.5) is 0 Å². The fourth-order valence-electron chi connectivity index (χ4n) is 9.23. The van der Waals surface area contributed by atoms with Crippen LogP contribution in [-0.4, -0.2) is 11.2 Å². The summed E-state index contributed by atoms with van der Waals surface area (Å²) in [7, 11) is 0. The van der Waals surface area contributed by atoms with E-state index < -0.39 is 0 Å². The summed E-state index contributed by atoms with van der Waals surface area (Å²) in [4.78, 5) is 0. The zero-order valence-electron chi connectivity index (χ0n) is 19.6. The molecule has 4 fully saturated rings. The topological polar surface area (TPSA) is 20.2 Å². The minimum absolute atomic E-state index is 0.0905. The number of aliphatic hydroxyl groups is 1. The van der Waals surface area contributed by atoms with E-state index in [0.717, 1.165) is 36.0 Å². The van der Waals surface area contributed by atoms with Crippen molar-refractivity contribution < 1.29 is 5.11 Å². The molecule has 0 saturated heterocycles. The Morgan fingerprint density at radius 3 is 2.29 bits per heavy atom. The third-order valence-electron chi connectivity index (χ3n) is 10.9. The molecule has 0 aromatic rings. The van der Waals surface area contributed by atoms with Gasteiger partial charge < -0.3 is 5.11 Å². The van der Waals surface area contributed by atoms with Gasteiger partial charge in [0.05, 0.1) is 6.10 Å². The summed E-state index contributed by atoms with van der Waals surface area (Å²) in [6.45, 7) is 12.3. The molecule has 9 atom stereocenters. The molecule has 4 rings (SSSR count).